The summed E-state index contributed by atoms with van der Waals surface area (Å²) in [4.78, 5) is 4.84. The standard InChI is InChI=1S/C28H38Cl2N2O2/c1-27(2,3)18-11-17(24(33)22(12-18)28(4,5)6)15-31-16-20-9-7-8-10-32(20)26(31)21-13-19(29)14-23(30)25(21)34/h11-14,20,26,33-34H,7-10,15-16H2,1-6H3/t20-,26+/m0/s1. The lowest BCUT2D eigenvalue weighted by Gasteiger charge is -2.35. The maximum absolute atomic E-state index is 11.4. The van der Waals surface area contributed by atoms with Crippen LogP contribution < -0.4 is 0 Å². The van der Waals surface area contributed by atoms with Crippen molar-refractivity contribution in [3.8, 4) is 11.5 Å². The number of phenols is 2. The molecule has 2 N–H and O–H groups in total. The molecular weight excluding hydrogens is 467 g/mol. The van der Waals surface area contributed by atoms with Crippen LogP contribution in [-0.4, -0.2) is 39.1 Å². The molecule has 0 aliphatic carbocycles. The summed E-state index contributed by atoms with van der Waals surface area (Å²) < 4.78 is 0. The second kappa shape index (κ2) is 9.20. The number of aromatic hydroxyl groups is 2. The summed E-state index contributed by atoms with van der Waals surface area (Å²) in [5, 5.41) is 23.1. The van der Waals surface area contributed by atoms with Gasteiger partial charge in [0.1, 0.15) is 11.5 Å². The molecule has 0 amide bonds. The first kappa shape index (κ1) is 25.6. The van der Waals surface area contributed by atoms with Gasteiger partial charge in [-0.05, 0) is 46.9 Å². The van der Waals surface area contributed by atoms with Crippen molar-refractivity contribution in [2.45, 2.75) is 90.4 Å². The molecule has 34 heavy (non-hydrogen) atoms. The van der Waals surface area contributed by atoms with Crippen LogP contribution in [0.1, 0.15) is 89.2 Å². The molecule has 2 saturated heterocycles. The zero-order chi connectivity index (χ0) is 25.0. The number of nitrogens with zero attached hydrogens (tertiary/aromatic N) is 2. The number of rotatable bonds is 3. The summed E-state index contributed by atoms with van der Waals surface area (Å²) in [6, 6.07) is 8.15. The molecule has 4 rings (SSSR count). The van der Waals surface area contributed by atoms with Gasteiger partial charge in [-0.15, -0.1) is 0 Å². The Morgan fingerprint density at radius 1 is 0.912 bits per heavy atom. The Balaban J connectivity index is 1.81. The average molecular weight is 506 g/mol. The van der Waals surface area contributed by atoms with Crippen molar-refractivity contribution in [3.63, 3.8) is 0 Å². The van der Waals surface area contributed by atoms with Gasteiger partial charge in [0, 0.05) is 41.8 Å². The summed E-state index contributed by atoms with van der Waals surface area (Å²) in [6.07, 6.45) is 3.33. The molecular formula is C28H38Cl2N2O2. The Morgan fingerprint density at radius 3 is 2.26 bits per heavy atom. The number of halogens is 2. The lowest BCUT2D eigenvalue weighted by atomic mass is 9.79. The minimum absolute atomic E-state index is 0.0386. The number of piperidine rings is 1. The van der Waals surface area contributed by atoms with Crippen LogP contribution in [0.25, 0.3) is 0 Å². The van der Waals surface area contributed by atoms with Gasteiger partial charge in [-0.25, -0.2) is 0 Å². The summed E-state index contributed by atoms with van der Waals surface area (Å²) in [5.41, 5.74) is 3.63. The Morgan fingerprint density at radius 2 is 1.62 bits per heavy atom. The molecule has 2 atom stereocenters. The van der Waals surface area contributed by atoms with E-state index < -0.39 is 0 Å². The van der Waals surface area contributed by atoms with Gasteiger partial charge >= 0.3 is 0 Å². The molecule has 6 heteroatoms. The van der Waals surface area contributed by atoms with Crippen molar-refractivity contribution in [3.05, 3.63) is 56.6 Å². The molecule has 0 aromatic heterocycles. The van der Waals surface area contributed by atoms with Crippen LogP contribution in [0, 0.1) is 0 Å². The average Bonchev–Trinajstić information content (AvgIpc) is 3.08. The van der Waals surface area contributed by atoms with Gasteiger partial charge in [0.15, 0.2) is 0 Å². The highest BCUT2D eigenvalue weighted by atomic mass is 35.5. The third kappa shape index (κ3) is 4.93. The van der Waals surface area contributed by atoms with E-state index in [-0.39, 0.29) is 27.8 Å². The van der Waals surface area contributed by atoms with E-state index in [9.17, 15) is 10.2 Å². The van der Waals surface area contributed by atoms with Crippen LogP contribution in [0.5, 0.6) is 11.5 Å². The van der Waals surface area contributed by atoms with Gasteiger partial charge in [0.2, 0.25) is 0 Å². The summed E-state index contributed by atoms with van der Waals surface area (Å²) in [6.45, 7) is 15.5. The second-order valence-electron chi connectivity index (χ2n) is 12.0. The topological polar surface area (TPSA) is 46.9 Å². The van der Waals surface area contributed by atoms with Crippen LogP contribution >= 0.6 is 23.2 Å². The number of hydrogen-bond donors (Lipinski definition) is 2. The molecule has 2 aromatic rings. The Bertz CT molecular complexity index is 1070. The fraction of sp³-hybridized carbons (Fsp3) is 0.571. The number of benzene rings is 2. The van der Waals surface area contributed by atoms with E-state index in [1.807, 2.05) is 6.07 Å². The molecule has 2 aromatic carbocycles. The predicted octanol–water partition coefficient (Wildman–Crippen LogP) is 7.37. The molecule has 2 aliphatic heterocycles. The number of hydrogen-bond acceptors (Lipinski definition) is 4. The minimum Gasteiger partial charge on any atom is -0.507 e. The maximum atomic E-state index is 11.4. The SMILES string of the molecule is CC(C)(C)c1cc(CN2C[C@@H]3CCCCN3[C@@H]2c2cc(Cl)cc(Cl)c2O)c(O)c(C(C)(C)C)c1. The first-order chi connectivity index (χ1) is 15.8. The molecule has 2 aliphatic rings. The molecule has 2 heterocycles. The van der Waals surface area contributed by atoms with Gasteiger partial charge < -0.3 is 10.2 Å². The van der Waals surface area contributed by atoms with Crippen molar-refractivity contribution < 1.29 is 10.2 Å². The molecule has 0 bridgehead atoms. The quantitative estimate of drug-likeness (QED) is 0.457. The molecule has 0 saturated carbocycles. The Labute approximate surface area is 214 Å². The third-order valence-electron chi connectivity index (χ3n) is 7.35. The third-order valence-corrected chi connectivity index (χ3v) is 7.86. The van der Waals surface area contributed by atoms with E-state index >= 15 is 0 Å². The van der Waals surface area contributed by atoms with E-state index in [0.717, 1.165) is 42.6 Å². The van der Waals surface area contributed by atoms with Gasteiger partial charge in [-0.3, -0.25) is 9.80 Å². The molecule has 0 spiro atoms. The molecule has 0 radical (unpaired) electrons. The van der Waals surface area contributed by atoms with E-state index in [1.165, 1.54) is 12.0 Å². The normalized spacial score (nSPS) is 22.2. The van der Waals surface area contributed by atoms with Crippen molar-refractivity contribution in [1.29, 1.82) is 0 Å². The van der Waals surface area contributed by atoms with E-state index in [1.54, 1.807) is 6.07 Å². The summed E-state index contributed by atoms with van der Waals surface area (Å²) in [5.74, 6) is 0.466. The number of fused-ring (bicyclic) bond motifs is 1. The lowest BCUT2D eigenvalue weighted by molar-refractivity contribution is 0.0950. The largest absolute Gasteiger partial charge is 0.507 e. The predicted molar refractivity (Wildman–Crippen MR) is 141 cm³/mol. The number of phenolic OH excluding ortho intramolecular Hbond substituents is 2. The Hall–Kier alpha value is -1.46. The van der Waals surface area contributed by atoms with Gasteiger partial charge in [-0.1, -0.05) is 83.3 Å². The van der Waals surface area contributed by atoms with Gasteiger partial charge in [-0.2, -0.15) is 0 Å². The first-order valence-electron chi connectivity index (χ1n) is 12.3. The Kier molecular flexibility index (Phi) is 6.94. The second-order valence-corrected chi connectivity index (χ2v) is 12.9. The minimum atomic E-state index is -0.180. The van der Waals surface area contributed by atoms with E-state index in [4.69, 9.17) is 23.2 Å². The van der Waals surface area contributed by atoms with E-state index in [2.05, 4.69) is 63.5 Å². The molecule has 2 fully saturated rings. The van der Waals surface area contributed by atoms with Crippen LogP contribution in [0.15, 0.2) is 24.3 Å². The highest BCUT2D eigenvalue weighted by Gasteiger charge is 2.43. The van der Waals surface area contributed by atoms with E-state index in [0.29, 0.717) is 23.4 Å². The van der Waals surface area contributed by atoms with Crippen molar-refractivity contribution in [1.82, 2.24) is 9.80 Å². The maximum Gasteiger partial charge on any atom is 0.140 e. The fourth-order valence-corrected chi connectivity index (χ4v) is 5.98. The van der Waals surface area contributed by atoms with Crippen LogP contribution in [0.2, 0.25) is 10.0 Å². The van der Waals surface area contributed by atoms with Crippen molar-refractivity contribution in [2.24, 2.45) is 0 Å². The summed E-state index contributed by atoms with van der Waals surface area (Å²) >= 11 is 12.7. The van der Waals surface area contributed by atoms with Crippen LogP contribution in [-0.2, 0) is 17.4 Å². The van der Waals surface area contributed by atoms with Gasteiger partial charge in [0.05, 0.1) is 11.2 Å². The molecule has 4 nitrogen and oxygen atoms in total. The molecule has 186 valence electrons. The van der Waals surface area contributed by atoms with Crippen LogP contribution in [0.3, 0.4) is 0 Å². The van der Waals surface area contributed by atoms with Gasteiger partial charge in [0.25, 0.3) is 0 Å². The zero-order valence-corrected chi connectivity index (χ0v) is 22.8. The van der Waals surface area contributed by atoms with Crippen molar-refractivity contribution >= 4 is 23.2 Å². The fourth-order valence-electron chi connectivity index (χ4n) is 5.47. The first-order valence-corrected chi connectivity index (χ1v) is 13.1. The molecule has 0 unspecified atom stereocenters. The monoisotopic (exact) mass is 504 g/mol. The summed E-state index contributed by atoms with van der Waals surface area (Å²) in [7, 11) is 0. The van der Waals surface area contributed by atoms with Crippen molar-refractivity contribution in [2.75, 3.05) is 13.1 Å². The highest BCUT2D eigenvalue weighted by molar-refractivity contribution is 6.35. The smallest absolute Gasteiger partial charge is 0.140 e. The highest BCUT2D eigenvalue weighted by Crippen LogP contribution is 2.46. The zero-order valence-electron chi connectivity index (χ0n) is 21.3. The lowest BCUT2D eigenvalue weighted by Crippen LogP contribution is -2.37. The van der Waals surface area contributed by atoms with Crippen LogP contribution in [0.4, 0.5) is 0 Å².